The lowest BCUT2D eigenvalue weighted by Gasteiger charge is -2.24. The Balaban J connectivity index is 0.000000151. The van der Waals surface area contributed by atoms with Crippen LogP contribution in [0.1, 0.15) is 19.8 Å². The molecule has 0 bridgehead atoms. The van der Waals surface area contributed by atoms with Crippen LogP contribution in [0.5, 0.6) is 5.75 Å². The Kier molecular flexibility index (Phi) is 5.15. The van der Waals surface area contributed by atoms with Gasteiger partial charge in [0, 0.05) is 13.1 Å². The molecule has 2 N–H and O–H groups in total. The number of hydroxylamine groups is 2. The van der Waals surface area contributed by atoms with Gasteiger partial charge in [-0.15, -0.1) is 0 Å². The van der Waals surface area contributed by atoms with E-state index in [9.17, 15) is 0 Å². The topological polar surface area (TPSA) is 43.7 Å². The fraction of sp³-hybridized carbons (Fsp3) is 0.500. The minimum atomic E-state index is 0.322. The molecule has 0 spiro atoms. The summed E-state index contributed by atoms with van der Waals surface area (Å²) < 4.78 is 0. The summed E-state index contributed by atoms with van der Waals surface area (Å²) in [6.07, 6.45) is 2.30. The first kappa shape index (κ1) is 12.0. The van der Waals surface area contributed by atoms with Gasteiger partial charge in [0.05, 0.1) is 0 Å². The van der Waals surface area contributed by atoms with Crippen molar-refractivity contribution >= 4 is 0 Å². The number of phenols is 1. The third-order valence-corrected chi connectivity index (χ3v) is 2.52. The standard InChI is InChI=1S/C6H13NO.C6H6O/c1-6-2-4-7(8)5-3-6;7-6-4-2-1-3-5-6/h6,8H,2-5H2,1H3;1-5,7H. The molecule has 1 aromatic carbocycles. The minimum Gasteiger partial charge on any atom is -0.508 e. The SMILES string of the molecule is CC1CCN(O)CC1.Oc1ccccc1. The molecular weight excluding hydrogens is 190 g/mol. The third-order valence-electron chi connectivity index (χ3n) is 2.52. The number of phenolic OH excluding ortho intramolecular Hbond substituents is 1. The van der Waals surface area contributed by atoms with Gasteiger partial charge in [0.1, 0.15) is 5.75 Å². The summed E-state index contributed by atoms with van der Waals surface area (Å²) in [5, 5.41) is 18.9. The molecule has 0 radical (unpaired) electrons. The molecule has 2 rings (SSSR count). The molecule has 0 saturated carbocycles. The maximum atomic E-state index is 8.86. The highest BCUT2D eigenvalue weighted by Crippen LogP contribution is 2.13. The second-order valence-corrected chi connectivity index (χ2v) is 3.97. The summed E-state index contributed by atoms with van der Waals surface area (Å²) in [4.78, 5) is 0. The largest absolute Gasteiger partial charge is 0.508 e. The quantitative estimate of drug-likeness (QED) is 0.690. The number of hydrogen-bond donors (Lipinski definition) is 2. The van der Waals surface area contributed by atoms with E-state index in [0.29, 0.717) is 5.75 Å². The number of piperidine rings is 1. The van der Waals surface area contributed by atoms with Crippen molar-refractivity contribution in [2.24, 2.45) is 5.92 Å². The van der Waals surface area contributed by atoms with E-state index in [0.717, 1.165) is 31.8 Å². The maximum absolute atomic E-state index is 8.86. The van der Waals surface area contributed by atoms with Gasteiger partial charge in [-0.3, -0.25) is 0 Å². The monoisotopic (exact) mass is 209 g/mol. The molecule has 3 heteroatoms. The molecule has 0 aromatic heterocycles. The smallest absolute Gasteiger partial charge is 0.115 e. The molecule has 0 atom stereocenters. The number of benzene rings is 1. The van der Waals surface area contributed by atoms with E-state index >= 15 is 0 Å². The Labute approximate surface area is 90.9 Å². The molecule has 84 valence electrons. The van der Waals surface area contributed by atoms with Crippen LogP contribution in [0.4, 0.5) is 0 Å². The van der Waals surface area contributed by atoms with E-state index in [-0.39, 0.29) is 0 Å². The number of nitrogens with zero attached hydrogens (tertiary/aromatic N) is 1. The van der Waals surface area contributed by atoms with Gasteiger partial charge in [-0.05, 0) is 30.9 Å². The normalized spacial score (nSPS) is 18.0. The number of para-hydroxylation sites is 1. The first-order valence-electron chi connectivity index (χ1n) is 5.36. The van der Waals surface area contributed by atoms with Gasteiger partial charge in [0.15, 0.2) is 0 Å². The van der Waals surface area contributed by atoms with E-state index in [1.54, 1.807) is 24.3 Å². The first-order valence-corrected chi connectivity index (χ1v) is 5.36. The molecule has 1 fully saturated rings. The van der Waals surface area contributed by atoms with Crippen LogP contribution in [0.3, 0.4) is 0 Å². The van der Waals surface area contributed by atoms with Crippen molar-refractivity contribution in [2.45, 2.75) is 19.8 Å². The molecule has 1 heterocycles. The fourth-order valence-electron chi connectivity index (χ4n) is 1.42. The molecular formula is C12H19NO2. The van der Waals surface area contributed by atoms with E-state index < -0.39 is 0 Å². The summed E-state index contributed by atoms with van der Waals surface area (Å²) in [6, 6.07) is 8.71. The highest BCUT2D eigenvalue weighted by molar-refractivity contribution is 5.18. The van der Waals surface area contributed by atoms with Gasteiger partial charge in [-0.1, -0.05) is 25.1 Å². The average molecular weight is 209 g/mol. The van der Waals surface area contributed by atoms with Crippen LogP contribution >= 0.6 is 0 Å². The van der Waals surface area contributed by atoms with Crippen molar-refractivity contribution in [1.29, 1.82) is 0 Å². The van der Waals surface area contributed by atoms with Gasteiger partial charge in [0.2, 0.25) is 0 Å². The number of hydrogen-bond acceptors (Lipinski definition) is 3. The molecule has 1 saturated heterocycles. The Morgan fingerprint density at radius 1 is 1.13 bits per heavy atom. The van der Waals surface area contributed by atoms with Crippen LogP contribution in [0.25, 0.3) is 0 Å². The summed E-state index contributed by atoms with van der Waals surface area (Å²) in [6.45, 7) is 3.95. The highest BCUT2D eigenvalue weighted by atomic mass is 16.5. The zero-order chi connectivity index (χ0) is 11.1. The van der Waals surface area contributed by atoms with Crippen LogP contribution in [-0.2, 0) is 0 Å². The minimum absolute atomic E-state index is 0.322. The van der Waals surface area contributed by atoms with Gasteiger partial charge in [-0.2, -0.15) is 5.06 Å². The molecule has 0 unspecified atom stereocenters. The summed E-state index contributed by atoms with van der Waals surface area (Å²) >= 11 is 0. The fourth-order valence-corrected chi connectivity index (χ4v) is 1.42. The second-order valence-electron chi connectivity index (χ2n) is 3.97. The molecule has 0 amide bonds. The summed E-state index contributed by atoms with van der Waals surface area (Å²) in [7, 11) is 0. The average Bonchev–Trinajstić information content (AvgIpc) is 2.25. The Morgan fingerprint density at radius 2 is 1.67 bits per heavy atom. The molecule has 1 aliphatic rings. The van der Waals surface area contributed by atoms with Crippen molar-refractivity contribution in [3.63, 3.8) is 0 Å². The van der Waals surface area contributed by atoms with Crippen molar-refractivity contribution in [2.75, 3.05) is 13.1 Å². The van der Waals surface area contributed by atoms with Crippen molar-refractivity contribution in [3.8, 4) is 5.75 Å². The molecule has 0 aliphatic carbocycles. The number of aromatic hydroxyl groups is 1. The van der Waals surface area contributed by atoms with E-state index in [2.05, 4.69) is 6.92 Å². The predicted molar refractivity (Wildman–Crippen MR) is 59.9 cm³/mol. The van der Waals surface area contributed by atoms with Crippen molar-refractivity contribution < 1.29 is 10.3 Å². The molecule has 15 heavy (non-hydrogen) atoms. The predicted octanol–water partition coefficient (Wildman–Crippen LogP) is 2.50. The van der Waals surface area contributed by atoms with Gasteiger partial charge < -0.3 is 10.3 Å². The first-order chi connectivity index (χ1) is 7.18. The lowest BCUT2D eigenvalue weighted by molar-refractivity contribution is -0.110. The Bertz CT molecular complexity index is 246. The second kappa shape index (κ2) is 6.43. The number of rotatable bonds is 0. The third kappa shape index (κ3) is 5.40. The van der Waals surface area contributed by atoms with E-state index in [4.69, 9.17) is 10.3 Å². The molecule has 3 nitrogen and oxygen atoms in total. The lowest BCUT2D eigenvalue weighted by atomic mass is 10.0. The molecule has 1 aliphatic heterocycles. The maximum Gasteiger partial charge on any atom is 0.115 e. The van der Waals surface area contributed by atoms with Crippen LogP contribution < -0.4 is 0 Å². The van der Waals surface area contributed by atoms with Crippen molar-refractivity contribution in [1.82, 2.24) is 5.06 Å². The Hall–Kier alpha value is -1.06. The van der Waals surface area contributed by atoms with E-state index in [1.807, 2.05) is 6.07 Å². The van der Waals surface area contributed by atoms with Crippen LogP contribution in [0, 0.1) is 5.92 Å². The van der Waals surface area contributed by atoms with Crippen LogP contribution in [-0.4, -0.2) is 28.5 Å². The Morgan fingerprint density at radius 3 is 2.00 bits per heavy atom. The molecule has 1 aromatic rings. The summed E-state index contributed by atoms with van der Waals surface area (Å²) in [5.74, 6) is 1.14. The van der Waals surface area contributed by atoms with Crippen LogP contribution in [0.15, 0.2) is 30.3 Å². The van der Waals surface area contributed by atoms with E-state index in [1.165, 1.54) is 5.06 Å². The zero-order valence-corrected chi connectivity index (χ0v) is 9.13. The van der Waals surface area contributed by atoms with Gasteiger partial charge in [-0.25, -0.2) is 0 Å². The van der Waals surface area contributed by atoms with Crippen molar-refractivity contribution in [3.05, 3.63) is 30.3 Å². The zero-order valence-electron chi connectivity index (χ0n) is 9.13. The summed E-state index contributed by atoms with van der Waals surface area (Å²) in [5.41, 5.74) is 0. The van der Waals surface area contributed by atoms with Crippen LogP contribution in [0.2, 0.25) is 0 Å². The lowest BCUT2D eigenvalue weighted by Crippen LogP contribution is -2.29. The van der Waals surface area contributed by atoms with Gasteiger partial charge >= 0.3 is 0 Å². The van der Waals surface area contributed by atoms with Gasteiger partial charge in [0.25, 0.3) is 0 Å². The highest BCUT2D eigenvalue weighted by Gasteiger charge is 2.12.